The van der Waals surface area contributed by atoms with Crippen molar-refractivity contribution >= 4 is 5.91 Å². The van der Waals surface area contributed by atoms with E-state index in [4.69, 9.17) is 4.74 Å². The molecule has 7 heteroatoms. The number of carbonyl (C=O) groups excluding carboxylic acids is 1. The van der Waals surface area contributed by atoms with Crippen LogP contribution in [0, 0.1) is 0 Å². The van der Waals surface area contributed by atoms with Gasteiger partial charge in [0.05, 0.1) is 44.4 Å². The zero-order valence-electron chi connectivity index (χ0n) is 15.1. The summed E-state index contributed by atoms with van der Waals surface area (Å²) in [5.74, 6) is 0.110. The Labute approximate surface area is 148 Å². The molecule has 0 N–H and O–H groups in total. The van der Waals surface area contributed by atoms with Crippen molar-refractivity contribution in [2.75, 3.05) is 27.2 Å². The highest BCUT2D eigenvalue weighted by molar-refractivity contribution is 5.78. The first kappa shape index (κ1) is 17.6. The number of hydrogen-bond acceptors (Lipinski definition) is 5. The SMILES string of the molecule is CN(C)CC(=O)N1Cc2ncn(C)c2CC1COCc1ccncc1. The molecule has 0 saturated carbocycles. The van der Waals surface area contributed by atoms with Crippen molar-refractivity contribution < 1.29 is 9.53 Å². The summed E-state index contributed by atoms with van der Waals surface area (Å²) < 4.78 is 7.95. The zero-order valence-corrected chi connectivity index (χ0v) is 15.1. The molecule has 1 aliphatic rings. The lowest BCUT2D eigenvalue weighted by molar-refractivity contribution is -0.137. The minimum absolute atomic E-state index is 0.0252. The molecule has 0 spiro atoms. The number of likely N-dealkylation sites (N-methyl/N-ethyl adjacent to an activating group) is 1. The van der Waals surface area contributed by atoms with E-state index < -0.39 is 0 Å². The highest BCUT2D eigenvalue weighted by atomic mass is 16.5. The number of ether oxygens (including phenoxy) is 1. The van der Waals surface area contributed by atoms with Gasteiger partial charge < -0.3 is 19.1 Å². The lowest BCUT2D eigenvalue weighted by Crippen LogP contribution is -2.49. The fourth-order valence-corrected chi connectivity index (χ4v) is 3.12. The first-order valence-electron chi connectivity index (χ1n) is 8.44. The van der Waals surface area contributed by atoms with Crippen LogP contribution in [0.3, 0.4) is 0 Å². The van der Waals surface area contributed by atoms with Gasteiger partial charge in [-0.3, -0.25) is 9.78 Å². The molecule has 2 aromatic heterocycles. The highest BCUT2D eigenvalue weighted by Gasteiger charge is 2.32. The summed E-state index contributed by atoms with van der Waals surface area (Å²) in [6.07, 6.45) is 6.10. The summed E-state index contributed by atoms with van der Waals surface area (Å²) >= 11 is 0. The predicted octanol–water partition coefficient (Wildman–Crippen LogP) is 0.847. The van der Waals surface area contributed by atoms with Gasteiger partial charge in [-0.1, -0.05) is 0 Å². The number of hydrogen-bond donors (Lipinski definition) is 0. The van der Waals surface area contributed by atoms with Crippen LogP contribution in [0.15, 0.2) is 30.9 Å². The average Bonchev–Trinajstić information content (AvgIpc) is 2.95. The summed E-state index contributed by atoms with van der Waals surface area (Å²) in [6, 6.07) is 3.90. The molecule has 0 fully saturated rings. The van der Waals surface area contributed by atoms with Crippen LogP contribution in [0.5, 0.6) is 0 Å². The lowest BCUT2D eigenvalue weighted by atomic mass is 10.0. The number of carbonyl (C=O) groups is 1. The number of nitrogens with zero attached hydrogens (tertiary/aromatic N) is 5. The minimum atomic E-state index is 0.0252. The van der Waals surface area contributed by atoms with E-state index in [0.29, 0.717) is 26.3 Å². The summed E-state index contributed by atoms with van der Waals surface area (Å²) in [5, 5.41) is 0. The molecule has 25 heavy (non-hydrogen) atoms. The second-order valence-corrected chi connectivity index (χ2v) is 6.74. The Morgan fingerprint density at radius 1 is 1.36 bits per heavy atom. The molecule has 0 radical (unpaired) electrons. The van der Waals surface area contributed by atoms with Gasteiger partial charge in [0, 0.05) is 31.6 Å². The van der Waals surface area contributed by atoms with Gasteiger partial charge in [0.1, 0.15) is 0 Å². The third kappa shape index (κ3) is 4.24. The van der Waals surface area contributed by atoms with E-state index in [-0.39, 0.29) is 11.9 Å². The van der Waals surface area contributed by atoms with Crippen molar-refractivity contribution in [2.45, 2.75) is 25.6 Å². The van der Waals surface area contributed by atoms with Crippen LogP contribution in [-0.4, -0.2) is 63.5 Å². The van der Waals surface area contributed by atoms with Crippen molar-refractivity contribution in [1.29, 1.82) is 0 Å². The van der Waals surface area contributed by atoms with Crippen LogP contribution < -0.4 is 0 Å². The van der Waals surface area contributed by atoms with Crippen LogP contribution in [0.4, 0.5) is 0 Å². The number of imidazole rings is 1. The second-order valence-electron chi connectivity index (χ2n) is 6.74. The van der Waals surface area contributed by atoms with E-state index in [2.05, 4.69) is 9.97 Å². The molecule has 0 bridgehead atoms. The van der Waals surface area contributed by atoms with Gasteiger partial charge in [0.2, 0.25) is 5.91 Å². The van der Waals surface area contributed by atoms with Gasteiger partial charge in [0.25, 0.3) is 0 Å². The fourth-order valence-electron chi connectivity index (χ4n) is 3.12. The first-order chi connectivity index (χ1) is 12.0. The molecule has 3 rings (SSSR count). The Balaban J connectivity index is 1.68. The Kier molecular flexibility index (Phi) is 5.45. The van der Waals surface area contributed by atoms with E-state index in [1.54, 1.807) is 12.4 Å². The molecular formula is C18H25N5O2. The second kappa shape index (κ2) is 7.76. The molecule has 1 amide bonds. The lowest BCUT2D eigenvalue weighted by Gasteiger charge is -2.36. The van der Waals surface area contributed by atoms with E-state index in [0.717, 1.165) is 17.7 Å². The van der Waals surface area contributed by atoms with Gasteiger partial charge in [-0.2, -0.15) is 0 Å². The van der Waals surface area contributed by atoms with Crippen molar-refractivity contribution in [1.82, 2.24) is 24.3 Å². The largest absolute Gasteiger partial charge is 0.375 e. The van der Waals surface area contributed by atoms with E-state index in [1.807, 2.05) is 54.0 Å². The molecule has 2 aromatic rings. The van der Waals surface area contributed by atoms with Crippen LogP contribution >= 0.6 is 0 Å². The number of rotatable bonds is 6. The van der Waals surface area contributed by atoms with Crippen molar-refractivity contribution in [3.8, 4) is 0 Å². The number of aromatic nitrogens is 3. The van der Waals surface area contributed by atoms with Crippen LogP contribution in [0.2, 0.25) is 0 Å². The van der Waals surface area contributed by atoms with Crippen molar-refractivity contribution in [2.24, 2.45) is 7.05 Å². The third-order valence-electron chi connectivity index (χ3n) is 4.44. The van der Waals surface area contributed by atoms with E-state index in [9.17, 15) is 4.79 Å². The fraction of sp³-hybridized carbons (Fsp3) is 0.500. The van der Waals surface area contributed by atoms with E-state index >= 15 is 0 Å². The van der Waals surface area contributed by atoms with Gasteiger partial charge in [-0.15, -0.1) is 0 Å². The standard InChI is InChI=1S/C18H25N5O2/c1-21(2)10-18(24)23-9-16-17(22(3)13-20-16)8-15(23)12-25-11-14-4-6-19-7-5-14/h4-7,13,15H,8-12H2,1-3H3. The smallest absolute Gasteiger partial charge is 0.237 e. The van der Waals surface area contributed by atoms with Crippen LogP contribution in [0.1, 0.15) is 17.0 Å². The molecule has 3 heterocycles. The van der Waals surface area contributed by atoms with Gasteiger partial charge in [-0.05, 0) is 31.8 Å². The predicted molar refractivity (Wildman–Crippen MR) is 93.7 cm³/mol. The Hall–Kier alpha value is -2.25. The monoisotopic (exact) mass is 343 g/mol. The minimum Gasteiger partial charge on any atom is -0.375 e. The summed E-state index contributed by atoms with van der Waals surface area (Å²) in [4.78, 5) is 24.9. The van der Waals surface area contributed by atoms with Gasteiger partial charge in [-0.25, -0.2) is 4.98 Å². The number of amides is 1. The van der Waals surface area contributed by atoms with E-state index in [1.165, 1.54) is 5.69 Å². The van der Waals surface area contributed by atoms with Gasteiger partial charge in [0.15, 0.2) is 0 Å². The van der Waals surface area contributed by atoms with Crippen LogP contribution in [0.25, 0.3) is 0 Å². The molecule has 1 aliphatic heterocycles. The molecule has 1 atom stereocenters. The maximum Gasteiger partial charge on any atom is 0.237 e. The van der Waals surface area contributed by atoms with Crippen LogP contribution in [-0.2, 0) is 36.2 Å². The quantitative estimate of drug-likeness (QED) is 0.778. The molecular weight excluding hydrogens is 318 g/mol. The maximum atomic E-state index is 12.7. The molecule has 0 aromatic carbocycles. The number of aryl methyl sites for hydroxylation is 1. The summed E-state index contributed by atoms with van der Waals surface area (Å²) in [6.45, 7) is 1.97. The molecule has 0 aliphatic carbocycles. The molecule has 7 nitrogen and oxygen atoms in total. The average molecular weight is 343 g/mol. The van der Waals surface area contributed by atoms with Gasteiger partial charge >= 0.3 is 0 Å². The maximum absolute atomic E-state index is 12.7. The molecule has 0 saturated heterocycles. The summed E-state index contributed by atoms with van der Waals surface area (Å²) in [7, 11) is 5.81. The zero-order chi connectivity index (χ0) is 17.8. The normalized spacial score (nSPS) is 17.0. The van der Waals surface area contributed by atoms with Crippen molar-refractivity contribution in [3.05, 3.63) is 47.8 Å². The summed E-state index contributed by atoms with van der Waals surface area (Å²) in [5.41, 5.74) is 3.25. The third-order valence-corrected chi connectivity index (χ3v) is 4.44. The topological polar surface area (TPSA) is 63.5 Å². The molecule has 1 unspecified atom stereocenters. The van der Waals surface area contributed by atoms with Crippen molar-refractivity contribution in [3.63, 3.8) is 0 Å². The highest BCUT2D eigenvalue weighted by Crippen LogP contribution is 2.23. The number of fused-ring (bicyclic) bond motifs is 1. The number of pyridine rings is 1. The Morgan fingerprint density at radius 2 is 2.12 bits per heavy atom. The Bertz CT molecular complexity index is 714. The Morgan fingerprint density at radius 3 is 2.84 bits per heavy atom. The molecule has 134 valence electrons. The first-order valence-corrected chi connectivity index (χ1v) is 8.44.